The van der Waals surface area contributed by atoms with E-state index >= 15 is 0 Å². The van der Waals surface area contributed by atoms with Gasteiger partial charge in [-0.2, -0.15) is 0 Å². The van der Waals surface area contributed by atoms with Crippen LogP contribution in [0.25, 0.3) is 0 Å². The van der Waals surface area contributed by atoms with E-state index in [0.29, 0.717) is 24.6 Å². The highest BCUT2D eigenvalue weighted by Gasteiger charge is 2.45. The molecule has 6 nitrogen and oxygen atoms in total. The van der Waals surface area contributed by atoms with Crippen molar-refractivity contribution in [3.63, 3.8) is 0 Å². The number of amides is 1. The number of hydrogen-bond donors (Lipinski definition) is 2. The zero-order valence-electron chi connectivity index (χ0n) is 15.8. The van der Waals surface area contributed by atoms with Crippen molar-refractivity contribution in [2.45, 2.75) is 45.1 Å². The number of carbonyl (C=O) groups is 1. The number of aromatic nitrogens is 1. The van der Waals surface area contributed by atoms with Gasteiger partial charge in [-0.1, -0.05) is 6.92 Å². The van der Waals surface area contributed by atoms with Gasteiger partial charge >= 0.3 is 0 Å². The van der Waals surface area contributed by atoms with Crippen molar-refractivity contribution in [2.24, 2.45) is 11.8 Å². The summed E-state index contributed by atoms with van der Waals surface area (Å²) in [6.07, 6.45) is 2.84. The summed E-state index contributed by atoms with van der Waals surface area (Å²) in [4.78, 5) is 18.3. The molecule has 1 saturated heterocycles. The van der Waals surface area contributed by atoms with Gasteiger partial charge in [-0.25, -0.2) is 13.8 Å². The number of nitrogens with zero attached hydrogens (tertiary/aromatic N) is 2. The van der Waals surface area contributed by atoms with E-state index in [4.69, 9.17) is 9.84 Å². The van der Waals surface area contributed by atoms with Crippen LogP contribution in [0.2, 0.25) is 0 Å². The Balaban J connectivity index is 1.69. The van der Waals surface area contributed by atoms with Crippen LogP contribution in [-0.4, -0.2) is 54.3 Å². The van der Waals surface area contributed by atoms with E-state index in [2.05, 4.69) is 10.3 Å². The molecule has 3 rings (SSSR count). The molecule has 1 saturated carbocycles. The lowest BCUT2D eigenvalue weighted by Crippen LogP contribution is -2.56. The summed E-state index contributed by atoms with van der Waals surface area (Å²) in [6.45, 7) is 3.59. The van der Waals surface area contributed by atoms with Crippen LogP contribution in [0.15, 0.2) is 12.1 Å². The standard InChI is InChI=1S/C19H27F2N3O3/c1-12(8-25)7-13(2)22-17(26)15-5-6-16(24-10-19(20,21)11-24)18(23-15)27-9-14-3-4-14/h5-6,12-14,25H,3-4,7-11H2,1-2H3,(H,22,26)/t12-,13-/m0/s1. The minimum absolute atomic E-state index is 0.0623. The molecule has 2 atom stereocenters. The minimum Gasteiger partial charge on any atom is -0.476 e. The van der Waals surface area contributed by atoms with Crippen molar-refractivity contribution in [3.8, 4) is 5.88 Å². The number of carbonyl (C=O) groups excluding carboxylic acids is 1. The van der Waals surface area contributed by atoms with Gasteiger partial charge in [-0.05, 0) is 50.2 Å². The molecule has 1 aromatic heterocycles. The average Bonchev–Trinajstić information content (AvgIpc) is 3.41. The summed E-state index contributed by atoms with van der Waals surface area (Å²) in [5, 5.41) is 12.0. The molecule has 0 radical (unpaired) electrons. The molecule has 0 aromatic carbocycles. The van der Waals surface area contributed by atoms with Gasteiger partial charge in [0.1, 0.15) is 11.4 Å². The van der Waals surface area contributed by atoms with Gasteiger partial charge in [0.05, 0.1) is 19.7 Å². The number of halogens is 2. The Labute approximate surface area is 157 Å². The molecule has 2 N–H and O–H groups in total. The third-order valence-corrected chi connectivity index (χ3v) is 4.86. The number of aliphatic hydroxyl groups excluding tert-OH is 1. The highest BCUT2D eigenvalue weighted by molar-refractivity contribution is 5.93. The first-order valence-electron chi connectivity index (χ1n) is 9.46. The number of anilines is 1. The fourth-order valence-corrected chi connectivity index (χ4v) is 3.11. The van der Waals surface area contributed by atoms with Crippen LogP contribution in [0.3, 0.4) is 0 Å². The van der Waals surface area contributed by atoms with E-state index in [-0.39, 0.29) is 49.1 Å². The van der Waals surface area contributed by atoms with Crippen LogP contribution in [0, 0.1) is 11.8 Å². The molecular formula is C19H27F2N3O3. The summed E-state index contributed by atoms with van der Waals surface area (Å²) in [5.74, 6) is -2.23. The lowest BCUT2D eigenvalue weighted by Gasteiger charge is -2.40. The Morgan fingerprint density at radius 2 is 2.11 bits per heavy atom. The molecule has 8 heteroatoms. The molecule has 1 aliphatic heterocycles. The van der Waals surface area contributed by atoms with Crippen LogP contribution in [0.5, 0.6) is 5.88 Å². The predicted molar refractivity (Wildman–Crippen MR) is 97.4 cm³/mol. The normalized spacial score (nSPS) is 20.6. The quantitative estimate of drug-likeness (QED) is 0.685. The van der Waals surface area contributed by atoms with Crippen LogP contribution in [0.1, 0.15) is 43.6 Å². The first-order chi connectivity index (χ1) is 12.8. The van der Waals surface area contributed by atoms with Gasteiger partial charge in [0, 0.05) is 12.6 Å². The molecule has 2 fully saturated rings. The number of pyridine rings is 1. The van der Waals surface area contributed by atoms with E-state index in [1.165, 1.54) is 11.0 Å². The second-order valence-electron chi connectivity index (χ2n) is 7.89. The second-order valence-corrected chi connectivity index (χ2v) is 7.89. The first kappa shape index (κ1) is 19.8. The Hall–Kier alpha value is -1.96. The van der Waals surface area contributed by atoms with E-state index in [1.54, 1.807) is 6.07 Å². The third-order valence-electron chi connectivity index (χ3n) is 4.86. The van der Waals surface area contributed by atoms with Gasteiger partial charge in [0.2, 0.25) is 5.88 Å². The van der Waals surface area contributed by atoms with Gasteiger partial charge in [-0.15, -0.1) is 0 Å². The summed E-state index contributed by atoms with van der Waals surface area (Å²) in [7, 11) is 0. The van der Waals surface area contributed by atoms with Crippen molar-refractivity contribution in [2.75, 3.05) is 31.2 Å². The molecule has 0 spiro atoms. The Bertz CT molecular complexity index is 674. The van der Waals surface area contributed by atoms with Gasteiger partial charge in [0.25, 0.3) is 11.8 Å². The van der Waals surface area contributed by atoms with Crippen molar-refractivity contribution in [3.05, 3.63) is 17.8 Å². The first-order valence-corrected chi connectivity index (χ1v) is 9.46. The fourth-order valence-electron chi connectivity index (χ4n) is 3.11. The number of alkyl halides is 2. The summed E-state index contributed by atoms with van der Waals surface area (Å²) in [6, 6.07) is 3.04. The number of ether oxygens (including phenoxy) is 1. The van der Waals surface area contributed by atoms with E-state index in [1.807, 2.05) is 13.8 Å². The molecular weight excluding hydrogens is 356 g/mol. The molecule has 2 aliphatic rings. The van der Waals surface area contributed by atoms with Gasteiger partial charge in [0.15, 0.2) is 0 Å². The SMILES string of the molecule is C[C@H](CO)C[C@H](C)NC(=O)c1ccc(N2CC(F)(F)C2)c(OCC2CC2)n1. The van der Waals surface area contributed by atoms with E-state index in [0.717, 1.165) is 12.8 Å². The molecule has 2 heterocycles. The van der Waals surface area contributed by atoms with Gasteiger partial charge < -0.3 is 20.1 Å². The van der Waals surface area contributed by atoms with Crippen molar-refractivity contribution in [1.29, 1.82) is 0 Å². The number of nitrogens with one attached hydrogen (secondary N) is 1. The zero-order valence-corrected chi connectivity index (χ0v) is 15.8. The Kier molecular flexibility index (Phi) is 5.83. The molecule has 0 unspecified atom stereocenters. The smallest absolute Gasteiger partial charge is 0.282 e. The molecule has 150 valence electrons. The monoisotopic (exact) mass is 383 g/mol. The topological polar surface area (TPSA) is 74.7 Å². The molecule has 27 heavy (non-hydrogen) atoms. The summed E-state index contributed by atoms with van der Waals surface area (Å²) in [5.41, 5.74) is 0.695. The lowest BCUT2D eigenvalue weighted by atomic mass is 10.0. The zero-order chi connectivity index (χ0) is 19.6. The van der Waals surface area contributed by atoms with Crippen LogP contribution in [0.4, 0.5) is 14.5 Å². The maximum atomic E-state index is 13.2. The lowest BCUT2D eigenvalue weighted by molar-refractivity contribution is -0.0265. The Morgan fingerprint density at radius 1 is 1.41 bits per heavy atom. The maximum Gasteiger partial charge on any atom is 0.282 e. The number of rotatable bonds is 9. The minimum atomic E-state index is -2.69. The largest absolute Gasteiger partial charge is 0.476 e. The molecule has 1 amide bonds. The number of aliphatic hydroxyl groups is 1. The maximum absolute atomic E-state index is 13.2. The second kappa shape index (κ2) is 7.96. The van der Waals surface area contributed by atoms with Gasteiger partial charge in [-0.3, -0.25) is 4.79 Å². The third kappa shape index (κ3) is 5.28. The average molecular weight is 383 g/mol. The Morgan fingerprint density at radius 3 is 2.70 bits per heavy atom. The van der Waals surface area contributed by atoms with Crippen LogP contribution >= 0.6 is 0 Å². The number of hydrogen-bond acceptors (Lipinski definition) is 5. The highest BCUT2D eigenvalue weighted by atomic mass is 19.3. The molecule has 0 bridgehead atoms. The fraction of sp³-hybridized carbons (Fsp3) is 0.684. The van der Waals surface area contributed by atoms with Crippen LogP contribution < -0.4 is 15.0 Å². The van der Waals surface area contributed by atoms with E-state index < -0.39 is 5.92 Å². The van der Waals surface area contributed by atoms with Crippen molar-refractivity contribution < 1.29 is 23.4 Å². The van der Waals surface area contributed by atoms with Crippen molar-refractivity contribution in [1.82, 2.24) is 10.3 Å². The predicted octanol–water partition coefficient (Wildman–Crippen LogP) is 2.46. The summed E-state index contributed by atoms with van der Waals surface area (Å²) < 4.78 is 32.2. The molecule has 1 aromatic rings. The van der Waals surface area contributed by atoms with E-state index in [9.17, 15) is 13.6 Å². The van der Waals surface area contributed by atoms with Crippen molar-refractivity contribution >= 4 is 11.6 Å². The molecule has 1 aliphatic carbocycles. The highest BCUT2D eigenvalue weighted by Crippen LogP contribution is 2.37. The summed E-state index contributed by atoms with van der Waals surface area (Å²) >= 11 is 0. The van der Waals surface area contributed by atoms with Crippen LogP contribution in [-0.2, 0) is 0 Å².